The predicted molar refractivity (Wildman–Crippen MR) is 49.0 cm³/mol. The zero-order valence-electron chi connectivity index (χ0n) is 6.12. The van der Waals surface area contributed by atoms with E-state index in [0.29, 0.717) is 9.76 Å². The molecular formula is C6H4BrClN4. The van der Waals surface area contributed by atoms with Gasteiger partial charge in [0.15, 0.2) is 5.65 Å². The highest BCUT2D eigenvalue weighted by Crippen LogP contribution is 2.25. The Hall–Kier alpha value is -0.680. The van der Waals surface area contributed by atoms with E-state index >= 15 is 0 Å². The summed E-state index contributed by atoms with van der Waals surface area (Å²) in [6.07, 6.45) is 1.42. The van der Waals surface area contributed by atoms with Crippen LogP contribution in [-0.4, -0.2) is 19.7 Å². The Bertz CT molecular complexity index is 438. The highest BCUT2D eigenvalue weighted by atomic mass is 79.9. The van der Waals surface area contributed by atoms with Crippen molar-refractivity contribution >= 4 is 38.6 Å². The fraction of sp³-hybridized carbons (Fsp3) is 0.167. The summed E-state index contributed by atoms with van der Waals surface area (Å²) in [5.74, 6) is 0. The van der Waals surface area contributed by atoms with Gasteiger partial charge in [0.1, 0.15) is 16.1 Å². The van der Waals surface area contributed by atoms with E-state index in [0.717, 1.165) is 11.0 Å². The molecule has 0 N–H and O–H groups in total. The van der Waals surface area contributed by atoms with Gasteiger partial charge in [0.2, 0.25) is 0 Å². The number of rotatable bonds is 0. The maximum absolute atomic E-state index is 5.84. The van der Waals surface area contributed by atoms with Crippen molar-refractivity contribution in [1.82, 2.24) is 19.7 Å². The van der Waals surface area contributed by atoms with Crippen LogP contribution in [0.15, 0.2) is 10.9 Å². The molecule has 2 aromatic rings. The van der Waals surface area contributed by atoms with Crippen LogP contribution in [0.25, 0.3) is 11.0 Å². The molecule has 0 aromatic carbocycles. The van der Waals surface area contributed by atoms with Crippen molar-refractivity contribution < 1.29 is 0 Å². The van der Waals surface area contributed by atoms with Crippen molar-refractivity contribution in [2.75, 3.05) is 0 Å². The Labute approximate surface area is 81.7 Å². The summed E-state index contributed by atoms with van der Waals surface area (Å²) in [5, 5.41) is 5.27. The lowest BCUT2D eigenvalue weighted by atomic mass is 10.4. The van der Waals surface area contributed by atoms with Crippen LogP contribution in [0.3, 0.4) is 0 Å². The van der Waals surface area contributed by atoms with Crippen molar-refractivity contribution in [2.24, 2.45) is 7.05 Å². The van der Waals surface area contributed by atoms with E-state index < -0.39 is 0 Å². The van der Waals surface area contributed by atoms with Gasteiger partial charge in [0, 0.05) is 7.05 Å². The second kappa shape index (κ2) is 2.67. The Kier molecular flexibility index (Phi) is 1.77. The third kappa shape index (κ3) is 1.01. The molecule has 2 rings (SSSR count). The number of aryl methyl sites for hydroxylation is 1. The molecule has 4 nitrogen and oxygen atoms in total. The number of nitrogens with zero attached hydrogens (tertiary/aromatic N) is 4. The predicted octanol–water partition coefficient (Wildman–Crippen LogP) is 1.78. The van der Waals surface area contributed by atoms with E-state index in [4.69, 9.17) is 11.6 Å². The topological polar surface area (TPSA) is 43.6 Å². The van der Waals surface area contributed by atoms with Crippen LogP contribution in [0.1, 0.15) is 0 Å². The van der Waals surface area contributed by atoms with Gasteiger partial charge in [0.25, 0.3) is 0 Å². The van der Waals surface area contributed by atoms with Crippen molar-refractivity contribution in [3.63, 3.8) is 0 Å². The molecule has 0 amide bonds. The molecule has 0 bridgehead atoms. The molecule has 0 aliphatic heterocycles. The van der Waals surface area contributed by atoms with Gasteiger partial charge in [-0.25, -0.2) is 14.6 Å². The van der Waals surface area contributed by atoms with Crippen LogP contribution in [0.5, 0.6) is 0 Å². The van der Waals surface area contributed by atoms with E-state index in [1.54, 1.807) is 11.7 Å². The summed E-state index contributed by atoms with van der Waals surface area (Å²) in [6.45, 7) is 0. The Morgan fingerprint density at radius 2 is 2.25 bits per heavy atom. The molecule has 0 saturated carbocycles. The molecule has 0 atom stereocenters. The first-order valence-electron chi connectivity index (χ1n) is 3.19. The molecule has 6 heteroatoms. The molecule has 0 fully saturated rings. The SMILES string of the molecule is Cn1nc(Br)c2c(Cl)ncnc21. The van der Waals surface area contributed by atoms with E-state index in [1.165, 1.54) is 6.33 Å². The van der Waals surface area contributed by atoms with Crippen molar-refractivity contribution in [3.05, 3.63) is 16.1 Å². The van der Waals surface area contributed by atoms with Gasteiger partial charge < -0.3 is 0 Å². The summed E-state index contributed by atoms with van der Waals surface area (Å²) < 4.78 is 2.32. The van der Waals surface area contributed by atoms with Crippen LogP contribution >= 0.6 is 27.5 Å². The van der Waals surface area contributed by atoms with Crippen LogP contribution < -0.4 is 0 Å². The number of aromatic nitrogens is 4. The summed E-state index contributed by atoms with van der Waals surface area (Å²) in [7, 11) is 1.80. The number of hydrogen-bond acceptors (Lipinski definition) is 3. The summed E-state index contributed by atoms with van der Waals surface area (Å²) in [5.41, 5.74) is 0.724. The Morgan fingerprint density at radius 1 is 1.50 bits per heavy atom. The first-order valence-corrected chi connectivity index (χ1v) is 4.36. The van der Waals surface area contributed by atoms with E-state index in [9.17, 15) is 0 Å². The number of hydrogen-bond donors (Lipinski definition) is 0. The van der Waals surface area contributed by atoms with Crippen LogP contribution in [0, 0.1) is 0 Å². The fourth-order valence-electron chi connectivity index (χ4n) is 1.01. The lowest BCUT2D eigenvalue weighted by Gasteiger charge is -1.91. The minimum Gasteiger partial charge on any atom is -0.249 e. The van der Waals surface area contributed by atoms with Gasteiger partial charge in [-0.1, -0.05) is 11.6 Å². The number of halogens is 2. The largest absolute Gasteiger partial charge is 0.249 e. The van der Waals surface area contributed by atoms with Crippen LogP contribution in [0.4, 0.5) is 0 Å². The average molecular weight is 247 g/mol. The van der Waals surface area contributed by atoms with Gasteiger partial charge in [-0.3, -0.25) is 0 Å². The van der Waals surface area contributed by atoms with Crippen molar-refractivity contribution in [3.8, 4) is 0 Å². The molecule has 0 aliphatic carbocycles. The third-order valence-electron chi connectivity index (χ3n) is 1.53. The first kappa shape index (κ1) is 7.94. The molecule has 0 aliphatic rings. The second-order valence-electron chi connectivity index (χ2n) is 2.28. The highest BCUT2D eigenvalue weighted by Gasteiger charge is 2.10. The monoisotopic (exact) mass is 246 g/mol. The van der Waals surface area contributed by atoms with Gasteiger partial charge in [-0.2, -0.15) is 5.10 Å². The molecule has 12 heavy (non-hydrogen) atoms. The van der Waals surface area contributed by atoms with Gasteiger partial charge in [-0.05, 0) is 15.9 Å². The smallest absolute Gasteiger partial charge is 0.163 e. The van der Waals surface area contributed by atoms with Gasteiger partial charge >= 0.3 is 0 Å². The standard InChI is InChI=1S/C6H4BrClN4/c1-12-6-3(4(7)11-12)5(8)9-2-10-6/h2H,1H3. The molecular weight excluding hydrogens is 243 g/mol. The Balaban J connectivity index is 2.99. The lowest BCUT2D eigenvalue weighted by Crippen LogP contribution is -1.91. The van der Waals surface area contributed by atoms with Crippen LogP contribution in [0.2, 0.25) is 5.15 Å². The summed E-state index contributed by atoms with van der Waals surface area (Å²) >= 11 is 9.11. The molecule has 2 heterocycles. The molecule has 0 unspecified atom stereocenters. The third-order valence-corrected chi connectivity index (χ3v) is 2.37. The molecule has 2 aromatic heterocycles. The molecule has 62 valence electrons. The quantitative estimate of drug-likeness (QED) is 0.667. The maximum atomic E-state index is 5.84. The highest BCUT2D eigenvalue weighted by molar-refractivity contribution is 9.10. The lowest BCUT2D eigenvalue weighted by molar-refractivity contribution is 0.777. The van der Waals surface area contributed by atoms with Gasteiger partial charge in [-0.15, -0.1) is 0 Å². The zero-order valence-corrected chi connectivity index (χ0v) is 8.46. The van der Waals surface area contributed by atoms with E-state index in [1.807, 2.05) is 0 Å². The molecule has 0 radical (unpaired) electrons. The van der Waals surface area contributed by atoms with Crippen LogP contribution in [-0.2, 0) is 7.05 Å². The first-order chi connectivity index (χ1) is 5.70. The number of fused-ring (bicyclic) bond motifs is 1. The summed E-state index contributed by atoms with van der Waals surface area (Å²) in [6, 6.07) is 0. The van der Waals surface area contributed by atoms with Crippen molar-refractivity contribution in [1.29, 1.82) is 0 Å². The van der Waals surface area contributed by atoms with Crippen molar-refractivity contribution in [2.45, 2.75) is 0 Å². The summed E-state index contributed by atoms with van der Waals surface area (Å²) in [4.78, 5) is 7.89. The van der Waals surface area contributed by atoms with E-state index in [-0.39, 0.29) is 0 Å². The minimum atomic E-state index is 0.417. The maximum Gasteiger partial charge on any atom is 0.163 e. The fourth-order valence-corrected chi connectivity index (χ4v) is 1.94. The molecule has 0 spiro atoms. The second-order valence-corrected chi connectivity index (χ2v) is 3.39. The van der Waals surface area contributed by atoms with E-state index in [2.05, 4.69) is 31.0 Å². The zero-order chi connectivity index (χ0) is 8.72. The normalized spacial score (nSPS) is 10.9. The Morgan fingerprint density at radius 3 is 2.92 bits per heavy atom. The molecule has 0 saturated heterocycles. The van der Waals surface area contributed by atoms with Gasteiger partial charge in [0.05, 0.1) is 5.39 Å². The minimum absolute atomic E-state index is 0.417. The average Bonchev–Trinajstić information content (AvgIpc) is 2.29.